The van der Waals surface area contributed by atoms with E-state index in [4.69, 9.17) is 16.6 Å². The summed E-state index contributed by atoms with van der Waals surface area (Å²) in [6.45, 7) is 3.67. The van der Waals surface area contributed by atoms with Crippen molar-refractivity contribution in [3.8, 4) is 5.75 Å². The topological polar surface area (TPSA) is 217 Å². The summed E-state index contributed by atoms with van der Waals surface area (Å²) >= 11 is 1.22. The van der Waals surface area contributed by atoms with Gasteiger partial charge in [0.15, 0.2) is 0 Å². The number of phenols is 1. The molecule has 0 radical (unpaired) electrons. The molecular formula is C22H33N5O7S. The highest BCUT2D eigenvalue weighted by atomic mass is 32.2. The van der Waals surface area contributed by atoms with Crippen LogP contribution in [0.15, 0.2) is 24.3 Å². The lowest BCUT2D eigenvalue weighted by molar-refractivity contribution is -0.140. The lowest BCUT2D eigenvalue weighted by Gasteiger charge is -2.26. The lowest BCUT2D eigenvalue weighted by atomic mass is 10.0. The number of carboxylic acid groups (broad SMARTS) is 2. The fourth-order valence-corrected chi connectivity index (χ4v) is 5.11. The smallest absolute Gasteiger partial charge is 0.322 e. The number of unbranched alkanes of at least 4 members (excludes halogenated alkanes) is 1. The Balaban J connectivity index is 2.09. The van der Waals surface area contributed by atoms with Gasteiger partial charge in [-0.25, -0.2) is 0 Å². The number of aliphatic carboxylic acids is 2. The average molecular weight is 512 g/mol. The van der Waals surface area contributed by atoms with E-state index in [9.17, 15) is 29.4 Å². The van der Waals surface area contributed by atoms with E-state index in [0.29, 0.717) is 18.4 Å². The molecule has 194 valence electrons. The van der Waals surface area contributed by atoms with Crippen LogP contribution in [0, 0.1) is 0 Å². The van der Waals surface area contributed by atoms with Crippen molar-refractivity contribution in [3.63, 3.8) is 0 Å². The number of nitrogens with two attached hydrogens (primary N) is 2. The Bertz CT molecular complexity index is 927. The quantitative estimate of drug-likeness (QED) is 0.167. The fraction of sp³-hybridized carbons (Fsp3) is 0.545. The van der Waals surface area contributed by atoms with Gasteiger partial charge in [-0.15, -0.1) is 11.8 Å². The summed E-state index contributed by atoms with van der Waals surface area (Å²) in [7, 11) is 0. The van der Waals surface area contributed by atoms with Gasteiger partial charge in [0.05, 0.1) is 5.37 Å². The van der Waals surface area contributed by atoms with E-state index in [0.717, 1.165) is 0 Å². The van der Waals surface area contributed by atoms with Crippen LogP contribution >= 0.6 is 11.8 Å². The predicted octanol–water partition coefficient (Wildman–Crippen LogP) is -0.530. The number of aromatic hydroxyl groups is 1. The molecule has 0 spiro atoms. The number of carbonyl (C=O) groups is 4. The summed E-state index contributed by atoms with van der Waals surface area (Å²) in [5.41, 5.74) is 11.9. The van der Waals surface area contributed by atoms with Crippen LogP contribution in [0.3, 0.4) is 0 Å². The first-order valence-electron chi connectivity index (χ1n) is 11.1. The van der Waals surface area contributed by atoms with Crippen molar-refractivity contribution in [1.82, 2.24) is 16.0 Å². The van der Waals surface area contributed by atoms with Crippen LogP contribution in [0.1, 0.15) is 44.7 Å². The molecule has 1 unspecified atom stereocenters. The van der Waals surface area contributed by atoms with Gasteiger partial charge in [-0.2, -0.15) is 0 Å². The summed E-state index contributed by atoms with van der Waals surface area (Å²) in [6.07, 6.45) is 1.19. The third kappa shape index (κ3) is 7.82. The Morgan fingerprint density at radius 1 is 1.09 bits per heavy atom. The largest absolute Gasteiger partial charge is 0.508 e. The van der Waals surface area contributed by atoms with Gasteiger partial charge in [-0.3, -0.25) is 24.5 Å². The minimum Gasteiger partial charge on any atom is -0.508 e. The molecule has 1 saturated heterocycles. The Morgan fingerprint density at radius 2 is 1.71 bits per heavy atom. The third-order valence-electron chi connectivity index (χ3n) is 5.68. The predicted molar refractivity (Wildman–Crippen MR) is 129 cm³/mol. The van der Waals surface area contributed by atoms with Crippen LogP contribution in [0.4, 0.5) is 0 Å². The second-order valence-electron chi connectivity index (χ2n) is 8.87. The van der Waals surface area contributed by atoms with Crippen molar-refractivity contribution in [3.05, 3.63) is 29.8 Å². The first kappa shape index (κ1) is 28.4. The first-order valence-corrected chi connectivity index (χ1v) is 12.0. The molecule has 0 saturated carbocycles. The highest BCUT2D eigenvalue weighted by Crippen LogP contribution is 2.39. The molecule has 1 heterocycles. The van der Waals surface area contributed by atoms with Crippen molar-refractivity contribution in [2.45, 2.75) is 67.4 Å². The number of amides is 2. The highest BCUT2D eigenvalue weighted by Gasteiger charge is 2.49. The van der Waals surface area contributed by atoms with E-state index in [1.807, 2.05) is 0 Å². The summed E-state index contributed by atoms with van der Waals surface area (Å²) in [6, 6.07) is 1.56. The van der Waals surface area contributed by atoms with Crippen LogP contribution < -0.4 is 27.4 Å². The standard InChI is InChI=1S/C22H33N5O7S/c1-22(2)16(21(33)34)27-19(35-22)15(18(30)25-10-4-3-5-13(23)20(31)32)26-17(29)14(24)11-6-8-12(28)9-7-11/h6-9,13-16,19,27-28H,3-5,10,23-24H2,1-2H3,(H,25,30)(H,26,29)(H,31,32)(H,33,34)/t13-,14-,15?,16+,19-/m1/s1. The molecule has 2 amide bonds. The zero-order valence-corrected chi connectivity index (χ0v) is 20.4. The first-order chi connectivity index (χ1) is 16.3. The van der Waals surface area contributed by atoms with Crippen LogP contribution in [-0.4, -0.2) is 73.9 Å². The number of phenolic OH excluding ortho intramolecular Hbond substituents is 1. The van der Waals surface area contributed by atoms with Crippen molar-refractivity contribution in [1.29, 1.82) is 0 Å². The van der Waals surface area contributed by atoms with E-state index >= 15 is 0 Å². The zero-order valence-electron chi connectivity index (χ0n) is 19.6. The van der Waals surface area contributed by atoms with Crippen LogP contribution in [0.5, 0.6) is 5.75 Å². The van der Waals surface area contributed by atoms with Gasteiger partial charge < -0.3 is 37.4 Å². The van der Waals surface area contributed by atoms with Crippen molar-refractivity contribution in [2.75, 3.05) is 6.54 Å². The molecule has 2 rings (SSSR count). The molecule has 1 fully saturated rings. The summed E-state index contributed by atoms with van der Waals surface area (Å²) in [4.78, 5) is 48.4. The fourth-order valence-electron chi connectivity index (χ4n) is 3.62. The van der Waals surface area contributed by atoms with E-state index in [1.54, 1.807) is 13.8 Å². The van der Waals surface area contributed by atoms with Crippen LogP contribution in [0.2, 0.25) is 0 Å². The maximum Gasteiger partial charge on any atom is 0.322 e. The van der Waals surface area contributed by atoms with Crippen molar-refractivity contribution < 1.29 is 34.5 Å². The Labute approximate surface area is 207 Å². The molecule has 0 bridgehead atoms. The molecule has 1 aliphatic heterocycles. The molecule has 0 aliphatic carbocycles. The molecule has 35 heavy (non-hydrogen) atoms. The van der Waals surface area contributed by atoms with Gasteiger partial charge in [-0.1, -0.05) is 12.1 Å². The van der Waals surface area contributed by atoms with E-state index in [1.165, 1.54) is 36.0 Å². The van der Waals surface area contributed by atoms with Crippen LogP contribution in [0.25, 0.3) is 0 Å². The molecular weight excluding hydrogens is 478 g/mol. The van der Waals surface area contributed by atoms with Crippen molar-refractivity contribution >= 4 is 35.5 Å². The summed E-state index contributed by atoms with van der Waals surface area (Å²) in [5, 5.41) is 35.3. The number of carbonyl (C=O) groups excluding carboxylic acids is 2. The molecule has 13 heteroatoms. The van der Waals surface area contributed by atoms with E-state index < -0.39 is 58.0 Å². The van der Waals surface area contributed by atoms with Gasteiger partial charge in [0, 0.05) is 11.3 Å². The number of rotatable bonds is 12. The van der Waals surface area contributed by atoms with Crippen molar-refractivity contribution in [2.24, 2.45) is 11.5 Å². The van der Waals surface area contributed by atoms with Gasteiger partial charge in [-0.05, 0) is 50.8 Å². The maximum absolute atomic E-state index is 13.0. The number of benzene rings is 1. The van der Waals surface area contributed by atoms with E-state index in [2.05, 4.69) is 16.0 Å². The molecule has 0 aromatic heterocycles. The number of nitrogens with one attached hydrogen (secondary N) is 3. The number of carboxylic acids is 2. The van der Waals surface area contributed by atoms with Gasteiger partial charge in [0.25, 0.3) is 0 Å². The van der Waals surface area contributed by atoms with Gasteiger partial charge in [0.2, 0.25) is 11.8 Å². The molecule has 1 aliphatic rings. The molecule has 10 N–H and O–H groups in total. The van der Waals surface area contributed by atoms with Crippen LogP contribution in [-0.2, 0) is 19.2 Å². The monoisotopic (exact) mass is 511 g/mol. The second kappa shape index (κ2) is 12.2. The number of thioether (sulfide) groups is 1. The molecule has 12 nitrogen and oxygen atoms in total. The zero-order chi connectivity index (χ0) is 26.3. The lowest BCUT2D eigenvalue weighted by Crippen LogP contribution is -2.58. The summed E-state index contributed by atoms with van der Waals surface area (Å²) in [5.74, 6) is -3.35. The molecule has 1 aromatic carbocycles. The minimum absolute atomic E-state index is 0.0106. The van der Waals surface area contributed by atoms with E-state index in [-0.39, 0.29) is 18.7 Å². The average Bonchev–Trinajstić information content (AvgIpc) is 3.11. The maximum atomic E-state index is 13.0. The van der Waals surface area contributed by atoms with Gasteiger partial charge >= 0.3 is 11.9 Å². The summed E-state index contributed by atoms with van der Waals surface area (Å²) < 4.78 is -0.758. The highest BCUT2D eigenvalue weighted by molar-refractivity contribution is 8.01. The Morgan fingerprint density at radius 3 is 2.26 bits per heavy atom. The molecule has 5 atom stereocenters. The Kier molecular flexibility index (Phi) is 9.89. The number of hydrogen-bond donors (Lipinski definition) is 8. The molecule has 1 aromatic rings. The third-order valence-corrected chi connectivity index (χ3v) is 7.19. The normalized spacial score (nSPS) is 21.5. The SMILES string of the molecule is CC1(C)S[C@H](C(NC(=O)[C@H](N)c2ccc(O)cc2)C(=O)NCCCC[C@@H](N)C(=O)O)N[C@H]1C(=O)O. The minimum atomic E-state index is -1.14. The Hall–Kier alpha value is -2.87. The second-order valence-corrected chi connectivity index (χ2v) is 10.7. The number of hydrogen-bond acceptors (Lipinski definition) is 9. The van der Waals surface area contributed by atoms with Gasteiger partial charge in [0.1, 0.15) is 29.9 Å².